The summed E-state index contributed by atoms with van der Waals surface area (Å²) in [6.45, 7) is 9.10. The second-order valence-electron chi connectivity index (χ2n) is 8.38. The molecule has 2 N–H and O–H groups in total. The number of carbonyl (C=O) groups is 1. The molecule has 1 heterocycles. The number of nitrogens with zero attached hydrogens (tertiary/aromatic N) is 2. The van der Waals surface area contributed by atoms with Crippen LogP contribution in [0, 0.1) is 31.1 Å². The predicted octanol–water partition coefficient (Wildman–Crippen LogP) is 3.75. The molecule has 1 saturated carbocycles. The summed E-state index contributed by atoms with van der Waals surface area (Å²) in [5.41, 5.74) is 3.14. The van der Waals surface area contributed by atoms with Crippen molar-refractivity contribution in [3.8, 4) is 6.07 Å². The average Bonchev–Trinajstić information content (AvgIpc) is 3.47. The van der Waals surface area contributed by atoms with Crippen LogP contribution < -0.4 is 10.0 Å². The second-order valence-corrected chi connectivity index (χ2v) is 10.1. The number of hydrogen-bond donors (Lipinski definition) is 2. The van der Waals surface area contributed by atoms with Gasteiger partial charge in [-0.3, -0.25) is 4.79 Å². The number of aryl methyl sites for hydroxylation is 1. The number of hydrogen-bond acceptors (Lipinski definition) is 4. The van der Waals surface area contributed by atoms with Gasteiger partial charge in [-0.25, -0.2) is 13.1 Å². The van der Waals surface area contributed by atoms with Crippen LogP contribution in [0.3, 0.4) is 0 Å². The van der Waals surface area contributed by atoms with Crippen LogP contribution in [-0.4, -0.2) is 24.9 Å². The fourth-order valence-electron chi connectivity index (χ4n) is 3.35. The van der Waals surface area contributed by atoms with E-state index in [9.17, 15) is 18.5 Å². The molecule has 1 aliphatic rings. The summed E-state index contributed by atoms with van der Waals surface area (Å²) in [5, 5.41) is 12.2. The Morgan fingerprint density at radius 2 is 2.00 bits per heavy atom. The number of nitrogens with one attached hydrogen (secondary N) is 2. The zero-order chi connectivity index (χ0) is 22.8. The lowest BCUT2D eigenvalue weighted by Crippen LogP contribution is -2.25. The van der Waals surface area contributed by atoms with Crippen LogP contribution in [0.2, 0.25) is 0 Å². The van der Waals surface area contributed by atoms with E-state index in [4.69, 9.17) is 0 Å². The van der Waals surface area contributed by atoms with Crippen molar-refractivity contribution in [2.75, 3.05) is 5.32 Å². The molecular weight excluding hydrogens is 412 g/mol. The first-order valence-corrected chi connectivity index (χ1v) is 11.8. The number of rotatable bonds is 8. The second kappa shape index (κ2) is 9.08. The van der Waals surface area contributed by atoms with Gasteiger partial charge >= 0.3 is 0 Å². The summed E-state index contributed by atoms with van der Waals surface area (Å²) in [6, 6.07) is 9.93. The van der Waals surface area contributed by atoms with Crippen LogP contribution in [-0.2, 0) is 21.4 Å². The van der Waals surface area contributed by atoms with Gasteiger partial charge in [0.05, 0.1) is 4.90 Å². The molecule has 0 unspecified atom stereocenters. The van der Waals surface area contributed by atoms with E-state index in [1.165, 1.54) is 12.1 Å². The Balaban J connectivity index is 1.81. The van der Waals surface area contributed by atoms with E-state index in [0.717, 1.165) is 36.3 Å². The van der Waals surface area contributed by atoms with Gasteiger partial charge in [0, 0.05) is 29.7 Å². The normalized spacial score (nSPS) is 14.5. The lowest BCUT2D eigenvalue weighted by atomic mass is 10.1. The maximum atomic E-state index is 12.7. The van der Waals surface area contributed by atoms with Crippen molar-refractivity contribution in [3.63, 3.8) is 0 Å². The Morgan fingerprint density at radius 1 is 1.29 bits per heavy atom. The van der Waals surface area contributed by atoms with Crippen molar-refractivity contribution in [2.45, 2.75) is 58.0 Å². The molecule has 1 aromatic carbocycles. The van der Waals surface area contributed by atoms with Gasteiger partial charge < -0.3 is 9.88 Å². The molecule has 0 radical (unpaired) electrons. The predicted molar refractivity (Wildman–Crippen MR) is 121 cm³/mol. The van der Waals surface area contributed by atoms with Crippen LogP contribution in [0.4, 0.5) is 5.69 Å². The molecule has 0 aliphatic heterocycles. The van der Waals surface area contributed by atoms with E-state index in [1.54, 1.807) is 18.2 Å². The highest BCUT2D eigenvalue weighted by atomic mass is 32.2. The highest BCUT2D eigenvalue weighted by Crippen LogP contribution is 2.24. The van der Waals surface area contributed by atoms with Crippen molar-refractivity contribution >= 4 is 27.7 Å². The van der Waals surface area contributed by atoms with Crippen molar-refractivity contribution in [1.82, 2.24) is 9.29 Å². The van der Waals surface area contributed by atoms with E-state index >= 15 is 0 Å². The largest absolute Gasteiger partial charge is 0.348 e. The molecule has 1 aromatic heterocycles. The van der Waals surface area contributed by atoms with E-state index in [2.05, 4.69) is 28.5 Å². The topological polar surface area (TPSA) is 104 Å². The van der Waals surface area contributed by atoms with Crippen molar-refractivity contribution in [3.05, 3.63) is 52.9 Å². The molecule has 0 spiro atoms. The zero-order valence-corrected chi connectivity index (χ0v) is 19.1. The molecule has 1 amide bonds. The summed E-state index contributed by atoms with van der Waals surface area (Å²) in [7, 11) is -3.63. The Labute approximate surface area is 183 Å². The number of anilines is 1. The molecule has 8 heteroatoms. The molecule has 1 fully saturated rings. The number of carbonyl (C=O) groups excluding carboxylic acids is 1. The lowest BCUT2D eigenvalue weighted by Gasteiger charge is -2.12. The molecule has 1 aliphatic carbocycles. The average molecular weight is 441 g/mol. The van der Waals surface area contributed by atoms with Gasteiger partial charge in [0.15, 0.2) is 0 Å². The third-order valence-corrected chi connectivity index (χ3v) is 6.64. The van der Waals surface area contributed by atoms with Gasteiger partial charge in [-0.1, -0.05) is 19.9 Å². The van der Waals surface area contributed by atoms with Crippen LogP contribution in [0.5, 0.6) is 0 Å². The molecule has 3 rings (SSSR count). The van der Waals surface area contributed by atoms with Gasteiger partial charge in [0.25, 0.3) is 5.91 Å². The number of aromatic nitrogens is 1. The molecular formula is C23H28N4O3S. The minimum absolute atomic E-state index is 0.00827. The fourth-order valence-corrected chi connectivity index (χ4v) is 4.70. The Morgan fingerprint density at radius 3 is 2.61 bits per heavy atom. The highest BCUT2D eigenvalue weighted by molar-refractivity contribution is 7.89. The summed E-state index contributed by atoms with van der Waals surface area (Å²) in [6.07, 6.45) is 3.25. The standard InChI is InChI=1S/C23H28N4O3S/c1-15(2)14-27-16(3)10-18(17(27)4)11-19(13-24)23(28)25-21-6-5-7-22(12-21)31(29,30)26-20-8-9-20/h5-7,10-12,15,20,26H,8-9,14H2,1-4H3,(H,25,28)/b19-11+. The van der Waals surface area contributed by atoms with Crippen molar-refractivity contribution in [1.29, 1.82) is 5.26 Å². The number of amides is 1. The Hall–Kier alpha value is -2.89. The third kappa shape index (κ3) is 5.63. The lowest BCUT2D eigenvalue weighted by molar-refractivity contribution is -0.112. The summed E-state index contributed by atoms with van der Waals surface area (Å²) < 4.78 is 29.6. The minimum Gasteiger partial charge on any atom is -0.348 e. The molecule has 0 saturated heterocycles. The Kier molecular flexibility index (Phi) is 6.68. The first-order valence-electron chi connectivity index (χ1n) is 10.3. The maximum Gasteiger partial charge on any atom is 0.266 e. The summed E-state index contributed by atoms with van der Waals surface area (Å²) in [5.74, 6) is -0.112. The van der Waals surface area contributed by atoms with Gasteiger partial charge in [-0.15, -0.1) is 0 Å². The fraction of sp³-hybridized carbons (Fsp3) is 0.391. The van der Waals surface area contributed by atoms with Crippen LogP contribution in [0.15, 0.2) is 40.8 Å². The van der Waals surface area contributed by atoms with Crippen LogP contribution in [0.25, 0.3) is 6.08 Å². The monoisotopic (exact) mass is 440 g/mol. The van der Waals surface area contributed by atoms with Gasteiger partial charge in [-0.05, 0) is 68.5 Å². The summed E-state index contributed by atoms with van der Waals surface area (Å²) >= 11 is 0. The molecule has 31 heavy (non-hydrogen) atoms. The number of sulfonamides is 1. The van der Waals surface area contributed by atoms with Gasteiger partial charge in [0.1, 0.15) is 11.6 Å². The van der Waals surface area contributed by atoms with Gasteiger partial charge in [0.2, 0.25) is 10.0 Å². The SMILES string of the molecule is Cc1cc(/C=C(\C#N)C(=O)Nc2cccc(S(=O)(=O)NC3CC3)c2)c(C)n1CC(C)C. The van der Waals surface area contributed by atoms with Crippen molar-refractivity contribution < 1.29 is 13.2 Å². The quantitative estimate of drug-likeness (QED) is 0.482. The first-order chi connectivity index (χ1) is 14.6. The smallest absolute Gasteiger partial charge is 0.266 e. The van der Waals surface area contributed by atoms with E-state index in [0.29, 0.717) is 11.6 Å². The van der Waals surface area contributed by atoms with E-state index in [-0.39, 0.29) is 16.5 Å². The third-order valence-electron chi connectivity index (χ3n) is 5.13. The van der Waals surface area contributed by atoms with Gasteiger partial charge in [-0.2, -0.15) is 5.26 Å². The molecule has 0 atom stereocenters. The molecule has 2 aromatic rings. The van der Waals surface area contributed by atoms with E-state index < -0.39 is 15.9 Å². The number of nitriles is 1. The summed E-state index contributed by atoms with van der Waals surface area (Å²) in [4.78, 5) is 12.8. The van der Waals surface area contributed by atoms with Crippen molar-refractivity contribution in [2.24, 2.45) is 5.92 Å². The van der Waals surface area contributed by atoms with Crippen LogP contribution >= 0.6 is 0 Å². The van der Waals surface area contributed by atoms with Crippen LogP contribution in [0.1, 0.15) is 43.6 Å². The minimum atomic E-state index is -3.63. The van der Waals surface area contributed by atoms with E-state index in [1.807, 2.05) is 26.0 Å². The first kappa shape index (κ1) is 22.8. The zero-order valence-electron chi connectivity index (χ0n) is 18.3. The highest BCUT2D eigenvalue weighted by Gasteiger charge is 2.28. The Bertz CT molecular complexity index is 1170. The molecule has 7 nitrogen and oxygen atoms in total. The molecule has 164 valence electrons. The molecule has 0 bridgehead atoms. The number of benzene rings is 1. The maximum absolute atomic E-state index is 12.7.